The van der Waals surface area contributed by atoms with Gasteiger partial charge in [0, 0.05) is 12.1 Å². The Balaban J connectivity index is 2.17. The molecular formula is C11H12N4. The SMILES string of the molecule is CCc1ncnc(Nc2ccccc2)n1. The molecule has 0 amide bonds. The average Bonchev–Trinajstić information content (AvgIpc) is 2.31. The quantitative estimate of drug-likeness (QED) is 0.825. The summed E-state index contributed by atoms with van der Waals surface area (Å²) in [5.74, 6) is 1.39. The van der Waals surface area contributed by atoms with Crippen molar-refractivity contribution in [3.63, 3.8) is 0 Å². The van der Waals surface area contributed by atoms with Crippen LogP contribution in [0.3, 0.4) is 0 Å². The molecule has 15 heavy (non-hydrogen) atoms. The first-order chi connectivity index (χ1) is 7.38. The Morgan fingerprint density at radius 3 is 2.67 bits per heavy atom. The second kappa shape index (κ2) is 4.50. The van der Waals surface area contributed by atoms with Crippen LogP contribution in [0.15, 0.2) is 36.7 Å². The molecule has 0 aliphatic rings. The van der Waals surface area contributed by atoms with Crippen molar-refractivity contribution in [3.05, 3.63) is 42.5 Å². The van der Waals surface area contributed by atoms with Gasteiger partial charge in [-0.1, -0.05) is 25.1 Å². The Morgan fingerprint density at radius 2 is 1.93 bits per heavy atom. The summed E-state index contributed by atoms with van der Waals surface area (Å²) in [6, 6.07) is 9.83. The normalized spacial score (nSPS) is 9.93. The van der Waals surface area contributed by atoms with Crippen LogP contribution >= 0.6 is 0 Å². The van der Waals surface area contributed by atoms with Gasteiger partial charge in [0.05, 0.1) is 0 Å². The Hall–Kier alpha value is -1.97. The largest absolute Gasteiger partial charge is 0.324 e. The number of nitrogens with one attached hydrogen (secondary N) is 1. The van der Waals surface area contributed by atoms with Gasteiger partial charge in [-0.25, -0.2) is 9.97 Å². The molecule has 76 valence electrons. The minimum atomic E-state index is 0.591. The molecule has 2 rings (SSSR count). The second-order valence-corrected chi connectivity index (χ2v) is 3.07. The molecule has 0 saturated carbocycles. The first kappa shape index (κ1) is 9.58. The summed E-state index contributed by atoms with van der Waals surface area (Å²) in [5.41, 5.74) is 0.978. The van der Waals surface area contributed by atoms with Crippen molar-refractivity contribution in [1.29, 1.82) is 0 Å². The van der Waals surface area contributed by atoms with E-state index in [-0.39, 0.29) is 0 Å². The number of benzene rings is 1. The van der Waals surface area contributed by atoms with Crippen molar-refractivity contribution in [2.24, 2.45) is 0 Å². The van der Waals surface area contributed by atoms with E-state index in [2.05, 4.69) is 20.3 Å². The van der Waals surface area contributed by atoms with E-state index in [1.165, 1.54) is 6.33 Å². The molecular weight excluding hydrogens is 188 g/mol. The summed E-state index contributed by atoms with van der Waals surface area (Å²) < 4.78 is 0. The summed E-state index contributed by atoms with van der Waals surface area (Å²) >= 11 is 0. The fourth-order valence-electron chi connectivity index (χ4n) is 1.21. The molecule has 1 N–H and O–H groups in total. The summed E-state index contributed by atoms with van der Waals surface area (Å²) in [7, 11) is 0. The van der Waals surface area contributed by atoms with Gasteiger partial charge in [-0.15, -0.1) is 0 Å². The molecule has 4 nitrogen and oxygen atoms in total. The second-order valence-electron chi connectivity index (χ2n) is 3.07. The molecule has 0 atom stereocenters. The van der Waals surface area contributed by atoms with Crippen LogP contribution in [0, 0.1) is 0 Å². The third kappa shape index (κ3) is 2.49. The van der Waals surface area contributed by atoms with Gasteiger partial charge in [0.1, 0.15) is 12.2 Å². The lowest BCUT2D eigenvalue weighted by molar-refractivity contribution is 0.903. The Kier molecular flexibility index (Phi) is 2.88. The molecule has 0 aliphatic heterocycles. The standard InChI is InChI=1S/C11H12N4/c1-2-10-12-8-13-11(15-10)14-9-6-4-3-5-7-9/h3-8H,2H2,1H3,(H,12,13,14,15). The molecule has 1 aromatic carbocycles. The maximum atomic E-state index is 4.25. The molecule has 1 aromatic heterocycles. The highest BCUT2D eigenvalue weighted by atomic mass is 15.1. The lowest BCUT2D eigenvalue weighted by atomic mass is 10.3. The Bertz CT molecular complexity index is 428. The van der Waals surface area contributed by atoms with Crippen LogP contribution in [-0.2, 0) is 6.42 Å². The number of hydrogen-bond donors (Lipinski definition) is 1. The van der Waals surface area contributed by atoms with Crippen LogP contribution < -0.4 is 5.32 Å². The Morgan fingerprint density at radius 1 is 1.13 bits per heavy atom. The monoisotopic (exact) mass is 200 g/mol. The minimum absolute atomic E-state index is 0.591. The topological polar surface area (TPSA) is 50.7 Å². The number of hydrogen-bond acceptors (Lipinski definition) is 4. The van der Waals surface area contributed by atoms with Crippen molar-refractivity contribution >= 4 is 11.6 Å². The van der Waals surface area contributed by atoms with E-state index in [9.17, 15) is 0 Å². The maximum absolute atomic E-state index is 4.25. The summed E-state index contributed by atoms with van der Waals surface area (Å²) in [4.78, 5) is 12.3. The van der Waals surface area contributed by atoms with E-state index in [1.807, 2.05) is 37.3 Å². The van der Waals surface area contributed by atoms with E-state index >= 15 is 0 Å². The van der Waals surface area contributed by atoms with Crippen molar-refractivity contribution < 1.29 is 0 Å². The molecule has 4 heteroatoms. The van der Waals surface area contributed by atoms with E-state index < -0.39 is 0 Å². The number of aryl methyl sites for hydroxylation is 1. The van der Waals surface area contributed by atoms with E-state index in [0.29, 0.717) is 5.95 Å². The molecule has 0 fully saturated rings. The third-order valence-electron chi connectivity index (χ3n) is 1.97. The summed E-state index contributed by atoms with van der Waals surface area (Å²) in [5, 5.41) is 3.12. The summed E-state index contributed by atoms with van der Waals surface area (Å²) in [6.45, 7) is 2.02. The molecule has 0 radical (unpaired) electrons. The number of nitrogens with zero attached hydrogens (tertiary/aromatic N) is 3. The van der Waals surface area contributed by atoms with Gasteiger partial charge in [-0.2, -0.15) is 4.98 Å². The van der Waals surface area contributed by atoms with Crippen LogP contribution in [-0.4, -0.2) is 15.0 Å². The number of aromatic nitrogens is 3. The lowest BCUT2D eigenvalue weighted by Gasteiger charge is -2.04. The van der Waals surface area contributed by atoms with Crippen molar-refractivity contribution in [2.75, 3.05) is 5.32 Å². The van der Waals surface area contributed by atoms with Crippen LogP contribution in [0.5, 0.6) is 0 Å². The van der Waals surface area contributed by atoms with Crippen LogP contribution in [0.25, 0.3) is 0 Å². The van der Waals surface area contributed by atoms with E-state index in [1.54, 1.807) is 0 Å². The average molecular weight is 200 g/mol. The highest BCUT2D eigenvalue weighted by Crippen LogP contribution is 2.10. The zero-order valence-electron chi connectivity index (χ0n) is 8.51. The number of para-hydroxylation sites is 1. The predicted octanol–water partition coefficient (Wildman–Crippen LogP) is 2.18. The minimum Gasteiger partial charge on any atom is -0.324 e. The van der Waals surface area contributed by atoms with Crippen molar-refractivity contribution in [1.82, 2.24) is 15.0 Å². The van der Waals surface area contributed by atoms with Gasteiger partial charge in [-0.05, 0) is 12.1 Å². The zero-order chi connectivity index (χ0) is 10.5. The van der Waals surface area contributed by atoms with Gasteiger partial charge in [0.2, 0.25) is 5.95 Å². The fraction of sp³-hybridized carbons (Fsp3) is 0.182. The van der Waals surface area contributed by atoms with E-state index in [0.717, 1.165) is 17.9 Å². The number of anilines is 2. The molecule has 0 unspecified atom stereocenters. The lowest BCUT2D eigenvalue weighted by Crippen LogP contribution is -2.01. The molecule has 2 aromatic rings. The zero-order valence-corrected chi connectivity index (χ0v) is 8.51. The van der Waals surface area contributed by atoms with Crippen LogP contribution in [0.2, 0.25) is 0 Å². The van der Waals surface area contributed by atoms with Gasteiger partial charge < -0.3 is 5.32 Å². The van der Waals surface area contributed by atoms with Gasteiger partial charge in [0.15, 0.2) is 0 Å². The summed E-state index contributed by atoms with van der Waals surface area (Å²) in [6.07, 6.45) is 2.34. The van der Waals surface area contributed by atoms with Crippen LogP contribution in [0.4, 0.5) is 11.6 Å². The first-order valence-corrected chi connectivity index (χ1v) is 4.88. The van der Waals surface area contributed by atoms with Gasteiger partial charge in [-0.3, -0.25) is 0 Å². The molecule has 0 spiro atoms. The van der Waals surface area contributed by atoms with Gasteiger partial charge >= 0.3 is 0 Å². The highest BCUT2D eigenvalue weighted by Gasteiger charge is 1.98. The van der Waals surface area contributed by atoms with Crippen molar-refractivity contribution in [2.45, 2.75) is 13.3 Å². The molecule has 0 saturated heterocycles. The molecule has 0 aliphatic carbocycles. The fourth-order valence-corrected chi connectivity index (χ4v) is 1.21. The predicted molar refractivity (Wildman–Crippen MR) is 58.9 cm³/mol. The Labute approximate surface area is 88.4 Å². The highest BCUT2D eigenvalue weighted by molar-refractivity contribution is 5.52. The van der Waals surface area contributed by atoms with Gasteiger partial charge in [0.25, 0.3) is 0 Å². The smallest absolute Gasteiger partial charge is 0.230 e. The number of rotatable bonds is 3. The third-order valence-corrected chi connectivity index (χ3v) is 1.97. The van der Waals surface area contributed by atoms with Crippen molar-refractivity contribution in [3.8, 4) is 0 Å². The molecule has 0 bridgehead atoms. The first-order valence-electron chi connectivity index (χ1n) is 4.88. The maximum Gasteiger partial charge on any atom is 0.230 e. The van der Waals surface area contributed by atoms with Crippen LogP contribution in [0.1, 0.15) is 12.7 Å². The van der Waals surface area contributed by atoms with E-state index in [4.69, 9.17) is 0 Å². The molecule has 1 heterocycles.